The maximum absolute atomic E-state index is 9.93. The third-order valence-corrected chi connectivity index (χ3v) is 3.77. The number of hydrogen-bond acceptors (Lipinski definition) is 2. The Morgan fingerprint density at radius 1 is 1.53 bits per heavy atom. The summed E-state index contributed by atoms with van der Waals surface area (Å²) in [6, 6.07) is 0.194. The van der Waals surface area contributed by atoms with Gasteiger partial charge in [-0.3, -0.25) is 0 Å². The van der Waals surface area contributed by atoms with Crippen LogP contribution in [0.3, 0.4) is 0 Å². The first-order valence-electron chi connectivity index (χ1n) is 5.57. The molecule has 3 unspecified atom stereocenters. The molecule has 2 rings (SSSR count). The lowest BCUT2D eigenvalue weighted by molar-refractivity contribution is -0.925. The first-order valence-corrected chi connectivity index (χ1v) is 5.57. The van der Waals surface area contributed by atoms with Gasteiger partial charge in [-0.25, -0.2) is 0 Å². The Bertz CT molecular complexity index is 253. The third-order valence-electron chi connectivity index (χ3n) is 3.77. The molecule has 2 aliphatic rings. The predicted molar refractivity (Wildman–Crippen MR) is 54.7 cm³/mol. The van der Waals surface area contributed by atoms with E-state index >= 15 is 0 Å². The molecule has 0 spiro atoms. The van der Waals surface area contributed by atoms with Gasteiger partial charge in [0.1, 0.15) is 12.1 Å². The zero-order valence-electron chi connectivity index (χ0n) is 9.19. The van der Waals surface area contributed by atoms with Gasteiger partial charge in [0.25, 0.3) is 0 Å². The van der Waals surface area contributed by atoms with E-state index in [1.165, 1.54) is 0 Å². The van der Waals surface area contributed by atoms with E-state index in [2.05, 4.69) is 13.0 Å². The molecular weight excluding hydrogens is 258 g/mol. The van der Waals surface area contributed by atoms with Gasteiger partial charge >= 0.3 is 0 Å². The van der Waals surface area contributed by atoms with Gasteiger partial charge in [-0.05, 0) is 12.5 Å². The number of hydrogen-bond donors (Lipinski definition) is 2. The summed E-state index contributed by atoms with van der Waals surface area (Å²) >= 11 is 0. The molecule has 0 aromatic heterocycles. The van der Waals surface area contributed by atoms with E-state index < -0.39 is 0 Å². The number of aliphatic hydroxyl groups is 2. The summed E-state index contributed by atoms with van der Waals surface area (Å²) < 4.78 is 0.994. The second-order valence-electron chi connectivity index (χ2n) is 4.59. The molecule has 2 aliphatic heterocycles. The van der Waals surface area contributed by atoms with E-state index in [-0.39, 0.29) is 35.7 Å². The van der Waals surface area contributed by atoms with Gasteiger partial charge < -0.3 is 31.7 Å². The normalized spacial score (nSPS) is 38.5. The van der Waals surface area contributed by atoms with Gasteiger partial charge in [0.05, 0.1) is 26.2 Å². The number of nitrogens with zero attached hydrogens (tertiary/aromatic N) is 1. The van der Waals surface area contributed by atoms with Crippen molar-refractivity contribution in [1.82, 2.24) is 0 Å². The molecule has 0 bridgehead atoms. The van der Waals surface area contributed by atoms with Crippen LogP contribution < -0.4 is 17.0 Å². The Morgan fingerprint density at radius 3 is 2.87 bits per heavy atom. The molecule has 3 atom stereocenters. The average Bonchev–Trinajstić information content (AvgIpc) is 2.67. The molecule has 0 aromatic rings. The van der Waals surface area contributed by atoms with Crippen LogP contribution in [-0.4, -0.2) is 53.1 Å². The molecule has 1 fully saturated rings. The van der Waals surface area contributed by atoms with E-state index in [9.17, 15) is 10.2 Å². The van der Waals surface area contributed by atoms with Crippen molar-refractivity contribution in [1.29, 1.82) is 0 Å². The van der Waals surface area contributed by atoms with Crippen LogP contribution in [0.25, 0.3) is 0 Å². The zero-order chi connectivity index (χ0) is 10.2. The van der Waals surface area contributed by atoms with Crippen LogP contribution in [0.1, 0.15) is 19.8 Å². The van der Waals surface area contributed by atoms with E-state index in [1.807, 2.05) is 0 Å². The predicted octanol–water partition coefficient (Wildman–Crippen LogP) is -2.72. The van der Waals surface area contributed by atoms with Crippen molar-refractivity contribution in [2.45, 2.75) is 31.9 Å². The molecule has 88 valence electrons. The van der Waals surface area contributed by atoms with Crippen molar-refractivity contribution in [2.24, 2.45) is 0 Å². The van der Waals surface area contributed by atoms with E-state index in [0.717, 1.165) is 42.5 Å². The largest absolute Gasteiger partial charge is 1.00 e. The highest BCUT2D eigenvalue weighted by molar-refractivity contribution is 5.17. The van der Waals surface area contributed by atoms with Gasteiger partial charge in [-0.2, -0.15) is 0 Å². The lowest BCUT2D eigenvalue weighted by Gasteiger charge is -2.36. The second kappa shape index (κ2) is 4.95. The summed E-state index contributed by atoms with van der Waals surface area (Å²) in [6.45, 7) is 5.50. The summed E-state index contributed by atoms with van der Waals surface area (Å²) in [5.74, 6) is 0. The maximum atomic E-state index is 9.93. The first kappa shape index (κ1) is 13.2. The van der Waals surface area contributed by atoms with Crippen LogP contribution in [0.4, 0.5) is 0 Å². The minimum atomic E-state index is -0.234. The van der Waals surface area contributed by atoms with Crippen molar-refractivity contribution in [2.75, 3.05) is 26.2 Å². The van der Waals surface area contributed by atoms with Crippen molar-refractivity contribution < 1.29 is 31.7 Å². The highest BCUT2D eigenvalue weighted by Gasteiger charge is 2.51. The minimum absolute atomic E-state index is 0. The smallest absolute Gasteiger partial charge is 0.140 e. The SMILES string of the molecule is CCC[N+]12CC=C(CO)C1C(O)CC2.[Br-]. The second-order valence-corrected chi connectivity index (χ2v) is 4.59. The molecule has 0 radical (unpaired) electrons. The van der Waals surface area contributed by atoms with Crippen molar-refractivity contribution in [3.63, 3.8) is 0 Å². The lowest BCUT2D eigenvalue weighted by atomic mass is 10.0. The number of fused-ring (bicyclic) bond motifs is 1. The third kappa shape index (κ3) is 2.00. The Balaban J connectivity index is 0.00000112. The Kier molecular flexibility index (Phi) is 4.35. The van der Waals surface area contributed by atoms with Crippen molar-refractivity contribution in [3.05, 3.63) is 11.6 Å². The number of aliphatic hydroxyl groups excluding tert-OH is 2. The van der Waals surface area contributed by atoms with E-state index in [4.69, 9.17) is 0 Å². The fraction of sp³-hybridized carbons (Fsp3) is 0.818. The molecule has 1 saturated heterocycles. The molecule has 2 N–H and O–H groups in total. The lowest BCUT2D eigenvalue weighted by Crippen LogP contribution is -3.00. The Labute approximate surface area is 102 Å². The molecule has 0 amide bonds. The molecular formula is C11H20BrNO2. The molecule has 15 heavy (non-hydrogen) atoms. The summed E-state index contributed by atoms with van der Waals surface area (Å²) in [5, 5.41) is 19.1. The quantitative estimate of drug-likeness (QED) is 0.435. The van der Waals surface area contributed by atoms with Crippen LogP contribution in [0.15, 0.2) is 11.6 Å². The van der Waals surface area contributed by atoms with Crippen LogP contribution in [0.2, 0.25) is 0 Å². The van der Waals surface area contributed by atoms with Crippen LogP contribution in [-0.2, 0) is 0 Å². The van der Waals surface area contributed by atoms with Gasteiger partial charge in [0, 0.05) is 12.0 Å². The van der Waals surface area contributed by atoms with Gasteiger partial charge in [-0.15, -0.1) is 0 Å². The summed E-state index contributed by atoms with van der Waals surface area (Å²) in [5.41, 5.74) is 1.06. The number of quaternary nitrogens is 1. The first-order chi connectivity index (χ1) is 6.73. The van der Waals surface area contributed by atoms with Gasteiger partial charge in [-0.1, -0.05) is 6.92 Å². The highest BCUT2D eigenvalue weighted by Crippen LogP contribution is 2.36. The Hall–Kier alpha value is 0.100. The summed E-state index contributed by atoms with van der Waals surface area (Å²) in [6.07, 6.45) is 3.93. The van der Waals surface area contributed by atoms with E-state index in [0.29, 0.717) is 0 Å². The zero-order valence-corrected chi connectivity index (χ0v) is 10.8. The topological polar surface area (TPSA) is 40.5 Å². The summed E-state index contributed by atoms with van der Waals surface area (Å²) in [4.78, 5) is 0. The minimum Gasteiger partial charge on any atom is -1.00 e. The number of rotatable bonds is 3. The summed E-state index contributed by atoms with van der Waals surface area (Å²) in [7, 11) is 0. The van der Waals surface area contributed by atoms with Crippen LogP contribution in [0.5, 0.6) is 0 Å². The molecule has 0 aliphatic carbocycles. The molecule has 3 nitrogen and oxygen atoms in total. The Morgan fingerprint density at radius 2 is 2.27 bits per heavy atom. The maximum Gasteiger partial charge on any atom is 0.140 e. The number of halogens is 1. The monoisotopic (exact) mass is 277 g/mol. The van der Waals surface area contributed by atoms with Crippen molar-refractivity contribution >= 4 is 0 Å². The fourth-order valence-corrected chi connectivity index (χ4v) is 3.22. The van der Waals surface area contributed by atoms with Crippen LogP contribution >= 0.6 is 0 Å². The molecule has 4 heteroatoms. The van der Waals surface area contributed by atoms with Crippen LogP contribution in [0, 0.1) is 0 Å². The standard InChI is InChI=1S/C11H20NO2.BrH/c1-2-5-12-6-3-9(8-13)11(12)10(14)4-7-12;/h3,10-11,13-14H,2,4-8H2,1H3;1H/q+1;/p-1. The molecule has 0 saturated carbocycles. The molecule has 0 aromatic carbocycles. The fourth-order valence-electron chi connectivity index (χ4n) is 3.22. The highest BCUT2D eigenvalue weighted by atomic mass is 79.9. The van der Waals surface area contributed by atoms with Gasteiger partial charge in [0.2, 0.25) is 0 Å². The van der Waals surface area contributed by atoms with Crippen molar-refractivity contribution in [3.8, 4) is 0 Å². The van der Waals surface area contributed by atoms with Gasteiger partial charge in [0.15, 0.2) is 0 Å². The van der Waals surface area contributed by atoms with E-state index in [1.54, 1.807) is 0 Å². The molecule has 2 heterocycles. The average molecular weight is 278 g/mol.